The number of rotatable bonds is 6. The number of hydrogen-bond acceptors (Lipinski definition) is 1. The van der Waals surface area contributed by atoms with E-state index in [1.54, 1.807) is 0 Å². The zero-order valence-electron chi connectivity index (χ0n) is 10.9. The van der Waals surface area contributed by atoms with Crippen molar-refractivity contribution in [3.05, 3.63) is 54.6 Å². The van der Waals surface area contributed by atoms with E-state index in [1.807, 2.05) is 11.8 Å². The fourth-order valence-corrected chi connectivity index (χ4v) is 3.07. The standard InChI is InChI=1S/C17H20S/c1-2-3-9-14-18-17-13-8-7-12-16(17)15-10-5-4-6-11-15/h4-8,10-13H,2-3,9,14H2,1H3. The highest BCUT2D eigenvalue weighted by atomic mass is 32.2. The Morgan fingerprint density at radius 1 is 0.833 bits per heavy atom. The van der Waals surface area contributed by atoms with Crippen molar-refractivity contribution < 1.29 is 0 Å². The average molecular weight is 256 g/mol. The van der Waals surface area contributed by atoms with Crippen LogP contribution in [0.1, 0.15) is 26.2 Å². The number of benzene rings is 2. The molecule has 0 aliphatic rings. The maximum atomic E-state index is 2.25. The molecule has 0 fully saturated rings. The molecule has 0 N–H and O–H groups in total. The molecule has 0 amide bonds. The highest BCUT2D eigenvalue weighted by Gasteiger charge is 2.03. The number of hydrogen-bond donors (Lipinski definition) is 0. The molecule has 0 aliphatic heterocycles. The first kappa shape index (κ1) is 13.2. The molecule has 0 radical (unpaired) electrons. The van der Waals surface area contributed by atoms with Gasteiger partial charge in [-0.25, -0.2) is 0 Å². The Morgan fingerprint density at radius 2 is 1.56 bits per heavy atom. The summed E-state index contributed by atoms with van der Waals surface area (Å²) in [4.78, 5) is 1.40. The second-order valence-corrected chi connectivity index (χ2v) is 5.55. The first-order valence-electron chi connectivity index (χ1n) is 6.69. The zero-order chi connectivity index (χ0) is 12.6. The first-order valence-corrected chi connectivity index (χ1v) is 7.67. The Morgan fingerprint density at radius 3 is 2.33 bits per heavy atom. The Bertz CT molecular complexity index is 462. The summed E-state index contributed by atoms with van der Waals surface area (Å²) in [6.45, 7) is 2.25. The molecule has 0 nitrogen and oxygen atoms in total. The Hall–Kier alpha value is -1.21. The normalized spacial score (nSPS) is 10.5. The van der Waals surface area contributed by atoms with Crippen LogP contribution in [0.25, 0.3) is 11.1 Å². The molecule has 0 unspecified atom stereocenters. The van der Waals surface area contributed by atoms with E-state index in [0.717, 1.165) is 0 Å². The van der Waals surface area contributed by atoms with Gasteiger partial charge < -0.3 is 0 Å². The summed E-state index contributed by atoms with van der Waals surface area (Å²) >= 11 is 1.98. The quantitative estimate of drug-likeness (QED) is 0.476. The molecule has 0 saturated carbocycles. The molecule has 0 bridgehead atoms. The van der Waals surface area contributed by atoms with Gasteiger partial charge in [-0.2, -0.15) is 0 Å². The van der Waals surface area contributed by atoms with Crippen LogP contribution in [-0.2, 0) is 0 Å². The highest BCUT2D eigenvalue weighted by Crippen LogP contribution is 2.31. The van der Waals surface area contributed by atoms with Crippen LogP contribution in [0.4, 0.5) is 0 Å². The van der Waals surface area contributed by atoms with E-state index in [-0.39, 0.29) is 0 Å². The van der Waals surface area contributed by atoms with Crippen molar-refractivity contribution >= 4 is 11.8 Å². The van der Waals surface area contributed by atoms with E-state index in [4.69, 9.17) is 0 Å². The molecule has 2 aromatic rings. The molecule has 0 aromatic heterocycles. The van der Waals surface area contributed by atoms with Crippen LogP contribution in [0.2, 0.25) is 0 Å². The van der Waals surface area contributed by atoms with Gasteiger partial charge in [-0.15, -0.1) is 11.8 Å². The van der Waals surface area contributed by atoms with Gasteiger partial charge in [0, 0.05) is 4.90 Å². The van der Waals surface area contributed by atoms with Crippen molar-refractivity contribution in [1.82, 2.24) is 0 Å². The van der Waals surface area contributed by atoms with Crippen molar-refractivity contribution in [2.24, 2.45) is 0 Å². The second-order valence-electron chi connectivity index (χ2n) is 4.42. The summed E-state index contributed by atoms with van der Waals surface area (Å²) in [5, 5.41) is 0. The first-order chi connectivity index (χ1) is 8.92. The molecule has 2 aromatic carbocycles. The highest BCUT2D eigenvalue weighted by molar-refractivity contribution is 7.99. The van der Waals surface area contributed by atoms with Crippen LogP contribution in [0.5, 0.6) is 0 Å². The van der Waals surface area contributed by atoms with Crippen molar-refractivity contribution in [3.63, 3.8) is 0 Å². The lowest BCUT2D eigenvalue weighted by molar-refractivity contribution is 0.778. The zero-order valence-corrected chi connectivity index (χ0v) is 11.7. The Balaban J connectivity index is 2.11. The van der Waals surface area contributed by atoms with E-state index in [9.17, 15) is 0 Å². The summed E-state index contributed by atoms with van der Waals surface area (Å²) < 4.78 is 0. The predicted octanol–water partition coefficient (Wildman–Crippen LogP) is 5.64. The fraction of sp³-hybridized carbons (Fsp3) is 0.294. The SMILES string of the molecule is CCCCCSc1ccccc1-c1ccccc1. The lowest BCUT2D eigenvalue weighted by Gasteiger charge is -2.09. The van der Waals surface area contributed by atoms with E-state index in [2.05, 4.69) is 61.5 Å². The Labute approximate surface area is 114 Å². The Kier molecular flexibility index (Phi) is 5.35. The lowest BCUT2D eigenvalue weighted by atomic mass is 10.1. The van der Waals surface area contributed by atoms with Gasteiger partial charge in [-0.3, -0.25) is 0 Å². The van der Waals surface area contributed by atoms with Gasteiger partial charge in [0.1, 0.15) is 0 Å². The lowest BCUT2D eigenvalue weighted by Crippen LogP contribution is -1.84. The molecule has 94 valence electrons. The van der Waals surface area contributed by atoms with Gasteiger partial charge in [-0.05, 0) is 29.4 Å². The van der Waals surface area contributed by atoms with Crippen molar-refractivity contribution in [2.45, 2.75) is 31.1 Å². The molecule has 18 heavy (non-hydrogen) atoms. The molecule has 1 heteroatoms. The maximum Gasteiger partial charge on any atom is 0.0150 e. The molecular formula is C17H20S. The number of thioether (sulfide) groups is 1. The van der Waals surface area contributed by atoms with Crippen molar-refractivity contribution in [1.29, 1.82) is 0 Å². The topological polar surface area (TPSA) is 0 Å². The van der Waals surface area contributed by atoms with Crippen LogP contribution in [0.15, 0.2) is 59.5 Å². The van der Waals surface area contributed by atoms with Gasteiger partial charge in [0.05, 0.1) is 0 Å². The maximum absolute atomic E-state index is 2.25. The van der Waals surface area contributed by atoms with Gasteiger partial charge in [0.15, 0.2) is 0 Å². The summed E-state index contributed by atoms with van der Waals surface area (Å²) in [7, 11) is 0. The van der Waals surface area contributed by atoms with Crippen LogP contribution in [0.3, 0.4) is 0 Å². The minimum Gasteiger partial charge on any atom is -0.126 e. The van der Waals surface area contributed by atoms with Crippen LogP contribution < -0.4 is 0 Å². The molecule has 0 atom stereocenters. The molecule has 2 rings (SSSR count). The molecule has 0 saturated heterocycles. The van der Waals surface area contributed by atoms with E-state index in [0.29, 0.717) is 0 Å². The van der Waals surface area contributed by atoms with Gasteiger partial charge in [0.2, 0.25) is 0 Å². The minimum absolute atomic E-state index is 1.22. The van der Waals surface area contributed by atoms with Gasteiger partial charge in [-0.1, -0.05) is 68.3 Å². The predicted molar refractivity (Wildman–Crippen MR) is 82.1 cm³/mol. The van der Waals surface area contributed by atoms with E-state index >= 15 is 0 Å². The third kappa shape index (κ3) is 3.64. The minimum atomic E-state index is 1.22. The van der Waals surface area contributed by atoms with Gasteiger partial charge >= 0.3 is 0 Å². The van der Waals surface area contributed by atoms with Crippen LogP contribution >= 0.6 is 11.8 Å². The largest absolute Gasteiger partial charge is 0.126 e. The van der Waals surface area contributed by atoms with Crippen molar-refractivity contribution in [2.75, 3.05) is 5.75 Å². The number of unbranched alkanes of at least 4 members (excludes halogenated alkanes) is 2. The molecule has 0 aliphatic carbocycles. The second kappa shape index (κ2) is 7.27. The van der Waals surface area contributed by atoms with E-state index in [1.165, 1.54) is 41.0 Å². The van der Waals surface area contributed by atoms with E-state index < -0.39 is 0 Å². The summed E-state index contributed by atoms with van der Waals surface area (Å²) in [6.07, 6.45) is 3.94. The summed E-state index contributed by atoms with van der Waals surface area (Å²) in [5.74, 6) is 1.22. The molecule has 0 heterocycles. The van der Waals surface area contributed by atoms with Crippen LogP contribution in [-0.4, -0.2) is 5.75 Å². The smallest absolute Gasteiger partial charge is 0.0150 e. The average Bonchev–Trinajstić information content (AvgIpc) is 2.45. The fourth-order valence-electron chi connectivity index (χ4n) is 1.98. The molecular weight excluding hydrogens is 236 g/mol. The van der Waals surface area contributed by atoms with Gasteiger partial charge in [0.25, 0.3) is 0 Å². The summed E-state index contributed by atoms with van der Waals surface area (Å²) in [6, 6.07) is 19.4. The summed E-state index contributed by atoms with van der Waals surface area (Å²) in [5.41, 5.74) is 2.68. The monoisotopic (exact) mass is 256 g/mol. The third-order valence-electron chi connectivity index (χ3n) is 2.98. The third-order valence-corrected chi connectivity index (χ3v) is 4.14. The van der Waals surface area contributed by atoms with Crippen molar-refractivity contribution in [3.8, 4) is 11.1 Å². The molecule has 0 spiro atoms. The van der Waals surface area contributed by atoms with Crippen LogP contribution in [0, 0.1) is 0 Å².